The zero-order valence-electron chi connectivity index (χ0n) is 52.4. The predicted octanol–water partition coefficient (Wildman–Crippen LogP) is 23.4. The third kappa shape index (κ3) is 65.3. The van der Waals surface area contributed by atoms with E-state index in [1.54, 1.807) is 0 Å². The van der Waals surface area contributed by atoms with E-state index in [4.69, 9.17) is 14.2 Å². The summed E-state index contributed by atoms with van der Waals surface area (Å²) in [6.07, 6.45) is 88.8. The summed E-state index contributed by atoms with van der Waals surface area (Å²) in [6.45, 7) is 6.54. The quantitative estimate of drug-likeness (QED) is 0.0261. The summed E-state index contributed by atoms with van der Waals surface area (Å²) < 4.78 is 17.0. The molecule has 0 saturated carbocycles. The van der Waals surface area contributed by atoms with Crippen LogP contribution in [0.3, 0.4) is 0 Å². The standard InChI is InChI=1S/C73H128O6/c1-4-7-10-13-16-19-22-25-28-30-32-34-36-38-40-42-45-48-51-54-57-60-63-66-72(75)78-69-70(68-77-71(74)65-62-59-56-53-50-47-44-27-24-21-18-15-12-9-6-3)79-73(76)67-64-61-58-55-52-49-46-43-41-39-37-35-33-31-29-26-23-20-17-14-11-8-5-2/h9,12,18,21-22,25,27,30-33,36,38,44,70H,4-8,10-11,13-17,19-20,23-24,26,28-29,34-35,37,39-43,45-69H2,1-3H3/b12-9-,21-18-,25-22-,32-30-,33-31-,38-36-,44-27-. The molecule has 0 aliphatic carbocycles. The Labute approximate surface area is 490 Å². The maximum Gasteiger partial charge on any atom is 0.306 e. The predicted molar refractivity (Wildman–Crippen MR) is 344 cm³/mol. The summed E-state index contributed by atoms with van der Waals surface area (Å²) in [5.74, 6) is -0.895. The molecule has 0 aromatic carbocycles. The molecule has 0 fully saturated rings. The molecular weight excluding hydrogens is 973 g/mol. The van der Waals surface area contributed by atoms with Crippen LogP contribution in [0, 0.1) is 0 Å². The van der Waals surface area contributed by atoms with Gasteiger partial charge in [0, 0.05) is 19.3 Å². The Bertz CT molecular complexity index is 1500. The van der Waals surface area contributed by atoms with Crippen LogP contribution in [0.25, 0.3) is 0 Å². The Morgan fingerprint density at radius 2 is 0.494 bits per heavy atom. The lowest BCUT2D eigenvalue weighted by molar-refractivity contribution is -0.167. The van der Waals surface area contributed by atoms with E-state index < -0.39 is 6.10 Å². The first-order chi connectivity index (χ1) is 39.0. The Hall–Kier alpha value is -3.41. The summed E-state index contributed by atoms with van der Waals surface area (Å²) in [5.41, 5.74) is 0. The molecule has 0 radical (unpaired) electrons. The monoisotopic (exact) mass is 1100 g/mol. The minimum absolute atomic E-state index is 0.0851. The molecule has 6 nitrogen and oxygen atoms in total. The highest BCUT2D eigenvalue weighted by Gasteiger charge is 2.19. The topological polar surface area (TPSA) is 78.9 Å². The molecule has 0 aromatic rings. The summed E-state index contributed by atoms with van der Waals surface area (Å²) in [7, 11) is 0. The van der Waals surface area contributed by atoms with Gasteiger partial charge in [-0.05, 0) is 116 Å². The van der Waals surface area contributed by atoms with E-state index in [2.05, 4.69) is 106 Å². The second-order valence-corrected chi connectivity index (χ2v) is 22.7. The van der Waals surface area contributed by atoms with Crippen LogP contribution in [0.15, 0.2) is 85.1 Å². The van der Waals surface area contributed by atoms with Crippen molar-refractivity contribution < 1.29 is 28.6 Å². The smallest absolute Gasteiger partial charge is 0.306 e. The van der Waals surface area contributed by atoms with Gasteiger partial charge in [0.1, 0.15) is 13.2 Å². The fraction of sp³-hybridized carbons (Fsp3) is 0.767. The number of hydrogen-bond acceptors (Lipinski definition) is 6. The van der Waals surface area contributed by atoms with Gasteiger partial charge >= 0.3 is 17.9 Å². The van der Waals surface area contributed by atoms with Crippen LogP contribution in [0.4, 0.5) is 0 Å². The van der Waals surface area contributed by atoms with Crippen molar-refractivity contribution in [3.8, 4) is 0 Å². The van der Waals surface area contributed by atoms with Crippen molar-refractivity contribution in [3.63, 3.8) is 0 Å². The van der Waals surface area contributed by atoms with Crippen LogP contribution >= 0.6 is 0 Å². The summed E-state index contributed by atoms with van der Waals surface area (Å²) >= 11 is 0. The van der Waals surface area contributed by atoms with Crippen LogP contribution in [0.2, 0.25) is 0 Å². The van der Waals surface area contributed by atoms with E-state index >= 15 is 0 Å². The Kier molecular flexibility index (Phi) is 64.2. The van der Waals surface area contributed by atoms with Crippen LogP contribution in [-0.4, -0.2) is 37.2 Å². The number of carbonyl (C=O) groups excluding carboxylic acids is 3. The molecule has 0 N–H and O–H groups in total. The van der Waals surface area contributed by atoms with Crippen molar-refractivity contribution >= 4 is 17.9 Å². The van der Waals surface area contributed by atoms with Crippen molar-refractivity contribution in [2.24, 2.45) is 0 Å². The van der Waals surface area contributed by atoms with E-state index in [1.807, 2.05) is 0 Å². The molecule has 1 unspecified atom stereocenters. The second-order valence-electron chi connectivity index (χ2n) is 22.7. The van der Waals surface area contributed by atoms with Crippen molar-refractivity contribution in [1.82, 2.24) is 0 Å². The molecule has 0 aliphatic heterocycles. The second kappa shape index (κ2) is 67.1. The minimum Gasteiger partial charge on any atom is -0.462 e. The molecule has 0 heterocycles. The van der Waals surface area contributed by atoms with Gasteiger partial charge in [0.25, 0.3) is 0 Å². The van der Waals surface area contributed by atoms with E-state index in [9.17, 15) is 14.4 Å². The highest BCUT2D eigenvalue weighted by Crippen LogP contribution is 2.17. The van der Waals surface area contributed by atoms with E-state index in [-0.39, 0.29) is 31.1 Å². The summed E-state index contributed by atoms with van der Waals surface area (Å²) in [6, 6.07) is 0. The van der Waals surface area contributed by atoms with Gasteiger partial charge in [0.15, 0.2) is 6.10 Å². The number of esters is 3. The number of carbonyl (C=O) groups is 3. The van der Waals surface area contributed by atoms with Crippen molar-refractivity contribution in [2.45, 2.75) is 348 Å². The van der Waals surface area contributed by atoms with Gasteiger partial charge in [0.2, 0.25) is 0 Å². The third-order valence-electron chi connectivity index (χ3n) is 14.9. The minimum atomic E-state index is -0.790. The van der Waals surface area contributed by atoms with Crippen molar-refractivity contribution in [3.05, 3.63) is 85.1 Å². The first kappa shape index (κ1) is 75.6. The fourth-order valence-electron chi connectivity index (χ4n) is 9.76. The van der Waals surface area contributed by atoms with Gasteiger partial charge in [-0.15, -0.1) is 0 Å². The van der Waals surface area contributed by atoms with Crippen molar-refractivity contribution in [2.75, 3.05) is 13.2 Å². The van der Waals surface area contributed by atoms with Crippen LogP contribution in [0.5, 0.6) is 0 Å². The van der Waals surface area contributed by atoms with Gasteiger partial charge in [-0.25, -0.2) is 0 Å². The van der Waals surface area contributed by atoms with Crippen LogP contribution in [-0.2, 0) is 28.6 Å². The first-order valence-electron chi connectivity index (χ1n) is 34.1. The van der Waals surface area contributed by atoms with E-state index in [1.165, 1.54) is 186 Å². The Balaban J connectivity index is 4.36. The molecule has 0 rings (SSSR count). The number of ether oxygens (including phenoxy) is 3. The SMILES string of the molecule is CC/C=C\C/C=C\C/C=C\CCCCCCCC(=O)OCC(COC(=O)CCCCCCCCCC/C=C\C/C=C\C/C=C\CCCCCCC)OC(=O)CCCCCCCCCCCCC/C=C\CCCCCCCCCC. The van der Waals surface area contributed by atoms with Crippen LogP contribution < -0.4 is 0 Å². The summed E-state index contributed by atoms with van der Waals surface area (Å²) in [4.78, 5) is 38.4. The Morgan fingerprint density at radius 1 is 0.266 bits per heavy atom. The highest BCUT2D eigenvalue weighted by atomic mass is 16.6. The van der Waals surface area contributed by atoms with Gasteiger partial charge < -0.3 is 14.2 Å². The Morgan fingerprint density at radius 3 is 0.785 bits per heavy atom. The lowest BCUT2D eigenvalue weighted by Crippen LogP contribution is -2.30. The van der Waals surface area contributed by atoms with E-state index in [0.29, 0.717) is 19.3 Å². The molecule has 6 heteroatoms. The number of hydrogen-bond donors (Lipinski definition) is 0. The van der Waals surface area contributed by atoms with Gasteiger partial charge in [-0.3, -0.25) is 14.4 Å². The summed E-state index contributed by atoms with van der Waals surface area (Å²) in [5, 5.41) is 0. The highest BCUT2D eigenvalue weighted by molar-refractivity contribution is 5.71. The average molecular weight is 1100 g/mol. The molecule has 79 heavy (non-hydrogen) atoms. The normalized spacial score (nSPS) is 12.6. The molecule has 0 aromatic heterocycles. The number of allylic oxidation sites excluding steroid dienone is 14. The molecule has 456 valence electrons. The van der Waals surface area contributed by atoms with Gasteiger partial charge in [0.05, 0.1) is 0 Å². The first-order valence-corrected chi connectivity index (χ1v) is 34.1. The molecule has 0 bridgehead atoms. The zero-order valence-corrected chi connectivity index (χ0v) is 52.4. The maximum atomic E-state index is 12.9. The zero-order chi connectivity index (χ0) is 57.1. The molecule has 1 atom stereocenters. The number of unbranched alkanes of at least 4 members (excludes halogenated alkanes) is 37. The van der Waals surface area contributed by atoms with Gasteiger partial charge in [-0.2, -0.15) is 0 Å². The molecule has 0 spiro atoms. The largest absolute Gasteiger partial charge is 0.462 e. The van der Waals surface area contributed by atoms with E-state index in [0.717, 1.165) is 116 Å². The number of rotatable bonds is 62. The fourth-order valence-corrected chi connectivity index (χ4v) is 9.76. The van der Waals surface area contributed by atoms with Crippen LogP contribution in [0.1, 0.15) is 342 Å². The van der Waals surface area contributed by atoms with Gasteiger partial charge in [-0.1, -0.05) is 292 Å². The van der Waals surface area contributed by atoms with Crippen molar-refractivity contribution in [1.29, 1.82) is 0 Å². The molecule has 0 amide bonds. The lowest BCUT2D eigenvalue weighted by Gasteiger charge is -2.18. The molecule has 0 saturated heterocycles. The lowest BCUT2D eigenvalue weighted by atomic mass is 10.0. The molecule has 0 aliphatic rings. The third-order valence-corrected chi connectivity index (χ3v) is 14.9. The average Bonchev–Trinajstić information content (AvgIpc) is 3.45. The maximum absolute atomic E-state index is 12.9. The molecular formula is C73H128O6.